The highest BCUT2D eigenvalue weighted by atomic mass is 127. The number of hydrogen-bond donors (Lipinski definition) is 2. The lowest BCUT2D eigenvalue weighted by Gasteiger charge is -2.30. The first-order chi connectivity index (χ1) is 13.6. The average Bonchev–Trinajstić information content (AvgIpc) is 3.20. The highest BCUT2D eigenvalue weighted by Gasteiger charge is 2.33. The quantitative estimate of drug-likeness (QED) is 0.226. The van der Waals surface area contributed by atoms with Gasteiger partial charge >= 0.3 is 5.97 Å². The van der Waals surface area contributed by atoms with Gasteiger partial charge in [-0.25, -0.2) is 4.79 Å². The molecular formula is C21H34IN3O4. The fourth-order valence-electron chi connectivity index (χ4n) is 3.77. The molecule has 8 heteroatoms. The van der Waals surface area contributed by atoms with Gasteiger partial charge < -0.3 is 24.8 Å². The van der Waals surface area contributed by atoms with Gasteiger partial charge in [-0.15, -0.1) is 24.0 Å². The van der Waals surface area contributed by atoms with Crippen LogP contribution >= 0.6 is 24.0 Å². The number of carbonyl (C=O) groups is 1. The van der Waals surface area contributed by atoms with E-state index < -0.39 is 5.97 Å². The summed E-state index contributed by atoms with van der Waals surface area (Å²) < 4.78 is 15.4. The second kappa shape index (κ2) is 12.9. The third kappa shape index (κ3) is 7.33. The summed E-state index contributed by atoms with van der Waals surface area (Å²) in [7, 11) is 6.42. The van der Waals surface area contributed by atoms with Crippen LogP contribution in [0.5, 0.6) is 5.75 Å². The van der Waals surface area contributed by atoms with Gasteiger partial charge in [0.2, 0.25) is 0 Å². The summed E-state index contributed by atoms with van der Waals surface area (Å²) in [4.78, 5) is 16.3. The standard InChI is InChI=1S/C21H33N3O4.HI/c1-22-20(24-15-21(11-12-26-2)9-5-6-10-21)23-14-16-7-8-18(27-3)17(13-16)19(25)28-4;/h7-8,13H,5-6,9-12,14-15H2,1-4H3,(H2,22,23,24);1H. The van der Waals surface area contributed by atoms with Crippen molar-refractivity contribution in [2.45, 2.75) is 38.6 Å². The van der Waals surface area contributed by atoms with E-state index in [1.165, 1.54) is 39.9 Å². The molecule has 0 spiro atoms. The molecule has 0 bridgehead atoms. The summed E-state index contributed by atoms with van der Waals surface area (Å²) in [5, 5.41) is 6.79. The zero-order valence-corrected chi connectivity index (χ0v) is 20.2. The first-order valence-electron chi connectivity index (χ1n) is 9.76. The van der Waals surface area contributed by atoms with Crippen molar-refractivity contribution in [2.24, 2.45) is 10.4 Å². The number of hydrogen-bond acceptors (Lipinski definition) is 5. The molecule has 1 aromatic carbocycles. The van der Waals surface area contributed by atoms with Crippen molar-refractivity contribution in [3.8, 4) is 5.75 Å². The van der Waals surface area contributed by atoms with Crippen molar-refractivity contribution in [3.63, 3.8) is 0 Å². The van der Waals surface area contributed by atoms with Crippen LogP contribution in [-0.2, 0) is 16.0 Å². The SMILES string of the molecule is CN=C(NCc1ccc(OC)c(C(=O)OC)c1)NCC1(CCOC)CCCC1.I. The molecule has 7 nitrogen and oxygen atoms in total. The zero-order chi connectivity index (χ0) is 20.4. The smallest absolute Gasteiger partial charge is 0.341 e. The molecule has 2 rings (SSSR count). The van der Waals surface area contributed by atoms with Gasteiger partial charge in [0.05, 0.1) is 14.2 Å². The first-order valence-corrected chi connectivity index (χ1v) is 9.76. The maximum atomic E-state index is 11.9. The second-order valence-electron chi connectivity index (χ2n) is 7.26. The molecule has 1 aromatic rings. The van der Waals surface area contributed by atoms with Crippen LogP contribution in [-0.4, -0.2) is 53.5 Å². The number of aliphatic imine (C=N–C) groups is 1. The Morgan fingerprint density at radius 1 is 1.17 bits per heavy atom. The van der Waals surface area contributed by atoms with E-state index in [4.69, 9.17) is 14.2 Å². The van der Waals surface area contributed by atoms with Gasteiger partial charge in [0.1, 0.15) is 11.3 Å². The largest absolute Gasteiger partial charge is 0.496 e. The van der Waals surface area contributed by atoms with Crippen LogP contribution in [0.25, 0.3) is 0 Å². The summed E-state index contributed by atoms with van der Waals surface area (Å²) in [6.07, 6.45) is 6.07. The number of halogens is 1. The minimum absolute atomic E-state index is 0. The fourth-order valence-corrected chi connectivity index (χ4v) is 3.77. The first kappa shape index (κ1) is 25.5. The number of benzene rings is 1. The van der Waals surface area contributed by atoms with Gasteiger partial charge in [0, 0.05) is 33.9 Å². The number of guanidine groups is 1. The van der Waals surface area contributed by atoms with Crippen molar-refractivity contribution in [1.29, 1.82) is 0 Å². The van der Waals surface area contributed by atoms with Crippen LogP contribution in [0.15, 0.2) is 23.2 Å². The number of rotatable bonds is 9. The Balaban J connectivity index is 0.00000420. The van der Waals surface area contributed by atoms with Crippen LogP contribution in [0, 0.1) is 5.41 Å². The Morgan fingerprint density at radius 3 is 2.48 bits per heavy atom. The molecule has 1 saturated carbocycles. The van der Waals surface area contributed by atoms with Gasteiger partial charge in [0.25, 0.3) is 0 Å². The molecule has 2 N–H and O–H groups in total. The Labute approximate surface area is 191 Å². The number of nitrogens with zero attached hydrogens (tertiary/aromatic N) is 1. The van der Waals surface area contributed by atoms with E-state index >= 15 is 0 Å². The molecule has 0 aromatic heterocycles. The molecule has 1 aliphatic rings. The number of nitrogens with one attached hydrogen (secondary N) is 2. The Kier molecular flexibility index (Phi) is 11.3. The Hall–Kier alpha value is -1.55. The van der Waals surface area contributed by atoms with Crippen molar-refractivity contribution in [1.82, 2.24) is 10.6 Å². The predicted octanol–water partition coefficient (Wildman–Crippen LogP) is 3.36. The van der Waals surface area contributed by atoms with E-state index in [-0.39, 0.29) is 29.4 Å². The van der Waals surface area contributed by atoms with Gasteiger partial charge in [0.15, 0.2) is 5.96 Å². The van der Waals surface area contributed by atoms with E-state index in [2.05, 4.69) is 15.6 Å². The van der Waals surface area contributed by atoms with E-state index in [0.717, 1.165) is 31.1 Å². The lowest BCUT2D eigenvalue weighted by molar-refractivity contribution is 0.0597. The average molecular weight is 519 g/mol. The summed E-state index contributed by atoms with van der Waals surface area (Å²) in [6, 6.07) is 5.47. The normalized spacial score (nSPS) is 15.4. The van der Waals surface area contributed by atoms with E-state index in [1.54, 1.807) is 26.3 Å². The molecule has 1 aliphatic carbocycles. The summed E-state index contributed by atoms with van der Waals surface area (Å²) in [6.45, 7) is 2.21. The van der Waals surface area contributed by atoms with Gasteiger partial charge in [-0.05, 0) is 42.4 Å². The third-order valence-electron chi connectivity index (χ3n) is 5.48. The van der Waals surface area contributed by atoms with Gasteiger partial charge in [-0.3, -0.25) is 4.99 Å². The van der Waals surface area contributed by atoms with Crippen LogP contribution in [0.1, 0.15) is 48.0 Å². The lowest BCUT2D eigenvalue weighted by Crippen LogP contribution is -2.43. The molecule has 0 saturated heterocycles. The molecule has 29 heavy (non-hydrogen) atoms. The van der Waals surface area contributed by atoms with E-state index in [1.807, 2.05) is 6.07 Å². The molecule has 0 radical (unpaired) electrons. The van der Waals surface area contributed by atoms with Crippen molar-refractivity contribution in [2.75, 3.05) is 41.5 Å². The van der Waals surface area contributed by atoms with E-state index in [9.17, 15) is 4.79 Å². The maximum Gasteiger partial charge on any atom is 0.341 e. The highest BCUT2D eigenvalue weighted by Crippen LogP contribution is 2.40. The number of carbonyl (C=O) groups excluding carboxylic acids is 1. The lowest BCUT2D eigenvalue weighted by atomic mass is 9.83. The zero-order valence-electron chi connectivity index (χ0n) is 17.9. The number of esters is 1. The maximum absolute atomic E-state index is 11.9. The fraction of sp³-hybridized carbons (Fsp3) is 0.619. The van der Waals surface area contributed by atoms with Gasteiger partial charge in [-0.1, -0.05) is 18.9 Å². The molecule has 0 unspecified atom stereocenters. The summed E-state index contributed by atoms with van der Waals surface area (Å²) >= 11 is 0. The minimum Gasteiger partial charge on any atom is -0.496 e. The molecule has 0 heterocycles. The van der Waals surface area contributed by atoms with Crippen LogP contribution in [0.4, 0.5) is 0 Å². The predicted molar refractivity (Wildman–Crippen MR) is 125 cm³/mol. The van der Waals surface area contributed by atoms with Crippen molar-refractivity contribution in [3.05, 3.63) is 29.3 Å². The molecule has 0 atom stereocenters. The molecule has 164 valence electrons. The van der Waals surface area contributed by atoms with Gasteiger partial charge in [-0.2, -0.15) is 0 Å². The molecule has 0 aliphatic heterocycles. The molecule has 0 amide bonds. The number of ether oxygens (including phenoxy) is 3. The molecule has 1 fully saturated rings. The van der Waals surface area contributed by atoms with Crippen molar-refractivity contribution < 1.29 is 19.0 Å². The summed E-state index contributed by atoms with van der Waals surface area (Å²) in [5.41, 5.74) is 1.64. The van der Waals surface area contributed by atoms with Crippen molar-refractivity contribution >= 4 is 35.9 Å². The highest BCUT2D eigenvalue weighted by molar-refractivity contribution is 14.0. The molecular weight excluding hydrogens is 485 g/mol. The monoisotopic (exact) mass is 519 g/mol. The number of methoxy groups -OCH3 is 3. The minimum atomic E-state index is -0.414. The third-order valence-corrected chi connectivity index (χ3v) is 5.48. The Bertz CT molecular complexity index is 676. The Morgan fingerprint density at radius 2 is 1.90 bits per heavy atom. The van der Waals surface area contributed by atoms with Crippen LogP contribution in [0.2, 0.25) is 0 Å². The van der Waals surface area contributed by atoms with Crippen LogP contribution < -0.4 is 15.4 Å². The topological polar surface area (TPSA) is 81.2 Å². The second-order valence-corrected chi connectivity index (χ2v) is 7.26. The van der Waals surface area contributed by atoms with E-state index in [0.29, 0.717) is 17.9 Å². The summed E-state index contributed by atoms with van der Waals surface area (Å²) in [5.74, 6) is 0.834. The van der Waals surface area contributed by atoms with Crippen LogP contribution in [0.3, 0.4) is 0 Å².